The summed E-state index contributed by atoms with van der Waals surface area (Å²) in [5.41, 5.74) is 17.9. The number of hydrogen-bond donors (Lipinski definition) is 6. The van der Waals surface area contributed by atoms with Crippen LogP contribution in [0.2, 0.25) is 0 Å². The summed E-state index contributed by atoms with van der Waals surface area (Å²) >= 11 is 1.59. The summed E-state index contributed by atoms with van der Waals surface area (Å²) in [5, 5.41) is 29.3. The normalized spacial score (nSPS) is 23.8. The second kappa shape index (κ2) is 19.9. The van der Waals surface area contributed by atoms with Gasteiger partial charge in [0, 0.05) is 82.8 Å². The molecule has 4 aromatic rings. The molecule has 72 heavy (non-hydrogen) atoms. The summed E-state index contributed by atoms with van der Waals surface area (Å²) < 4.78 is 0. The van der Waals surface area contributed by atoms with Crippen LogP contribution in [-0.4, -0.2) is 133 Å². The van der Waals surface area contributed by atoms with Crippen molar-refractivity contribution in [1.82, 2.24) is 50.7 Å². The third kappa shape index (κ3) is 9.91. The Morgan fingerprint density at radius 3 is 2.25 bits per heavy atom. The molecule has 382 valence electrons. The Kier molecular flexibility index (Phi) is 13.6. The number of aryl methyl sites for hydroxylation is 1. The Balaban J connectivity index is 0.702. The van der Waals surface area contributed by atoms with Crippen molar-refractivity contribution in [2.75, 3.05) is 44.7 Å². The number of para-hydroxylation sites is 1. The average Bonchev–Trinajstić information content (AvgIpc) is 4.06. The first-order chi connectivity index (χ1) is 34.5. The summed E-state index contributed by atoms with van der Waals surface area (Å²) in [6.07, 6.45) is 13.6. The number of aliphatic hydroxyl groups excluding tert-OH is 1. The number of nitrogens with zero attached hydrogens (tertiary/aromatic N) is 8. The van der Waals surface area contributed by atoms with Crippen LogP contribution in [0.15, 0.2) is 84.0 Å². The fourth-order valence-corrected chi connectivity index (χ4v) is 13.0. The molecule has 4 amide bonds. The van der Waals surface area contributed by atoms with E-state index in [-0.39, 0.29) is 60.6 Å². The Hall–Kier alpha value is -6.40. The maximum absolute atomic E-state index is 14.4. The van der Waals surface area contributed by atoms with Gasteiger partial charge in [0.1, 0.15) is 23.7 Å². The van der Waals surface area contributed by atoms with Crippen LogP contribution in [0.1, 0.15) is 107 Å². The van der Waals surface area contributed by atoms with Gasteiger partial charge >= 0.3 is 6.03 Å². The van der Waals surface area contributed by atoms with Gasteiger partial charge < -0.3 is 46.2 Å². The zero-order valence-corrected chi connectivity index (χ0v) is 43.0. The minimum Gasteiger partial charge on any atom is -0.507 e. The molecule has 1 aliphatic carbocycles. The van der Waals surface area contributed by atoms with Gasteiger partial charge in [-0.15, -0.1) is 11.3 Å². The molecule has 1 saturated carbocycles. The number of hydrogen-bond acceptors (Lipinski definition) is 14. The summed E-state index contributed by atoms with van der Waals surface area (Å²) in [6.45, 7) is 10.9. The zero-order chi connectivity index (χ0) is 50.5. The number of anilines is 1. The van der Waals surface area contributed by atoms with Crippen molar-refractivity contribution < 1.29 is 24.6 Å². The number of benzene rings is 2. The van der Waals surface area contributed by atoms with Crippen LogP contribution in [0.5, 0.6) is 5.75 Å². The third-order valence-corrected chi connectivity index (χ3v) is 17.4. The monoisotopic (exact) mass is 999 g/mol. The van der Waals surface area contributed by atoms with E-state index >= 15 is 0 Å². The largest absolute Gasteiger partial charge is 0.507 e. The topological polar surface area (TPSA) is 209 Å². The van der Waals surface area contributed by atoms with Gasteiger partial charge in [-0.25, -0.2) is 19.7 Å². The predicted molar refractivity (Wildman–Crippen MR) is 278 cm³/mol. The van der Waals surface area contributed by atoms with Crippen LogP contribution in [0, 0.1) is 17.8 Å². The van der Waals surface area contributed by atoms with E-state index < -0.39 is 23.6 Å². The molecule has 2 aromatic heterocycles. The van der Waals surface area contributed by atoms with Crippen molar-refractivity contribution in [1.29, 1.82) is 0 Å². The number of piperidine rings is 1. The number of β-amino-alcohol motifs (C(OH)–C–C–N with tert-alkyl or cyclic N) is 1. The van der Waals surface area contributed by atoms with Crippen LogP contribution < -0.4 is 26.7 Å². The average molecular weight is 999 g/mol. The number of aromatic nitrogens is 3. The Morgan fingerprint density at radius 1 is 0.931 bits per heavy atom. The van der Waals surface area contributed by atoms with E-state index in [1.165, 1.54) is 10.5 Å². The van der Waals surface area contributed by atoms with Gasteiger partial charge in [0.2, 0.25) is 17.8 Å². The van der Waals surface area contributed by atoms with Crippen molar-refractivity contribution >= 4 is 40.8 Å². The molecule has 5 fully saturated rings. The smallest absolute Gasteiger partial charge is 0.318 e. The summed E-state index contributed by atoms with van der Waals surface area (Å²) in [6, 6.07) is 13.8. The second-order valence-electron chi connectivity index (χ2n) is 22.1. The van der Waals surface area contributed by atoms with Crippen molar-refractivity contribution in [2.24, 2.45) is 16.6 Å². The van der Waals surface area contributed by atoms with Crippen molar-refractivity contribution in [3.8, 4) is 16.2 Å². The Morgan fingerprint density at radius 2 is 1.61 bits per heavy atom. The number of allylic oxidation sites excluding steroid dienone is 1. The lowest BCUT2D eigenvalue weighted by Crippen LogP contribution is -2.60. The van der Waals surface area contributed by atoms with Crippen LogP contribution >= 0.6 is 11.3 Å². The molecule has 2 bridgehead atoms. The highest BCUT2D eigenvalue weighted by Gasteiger charge is 2.47. The SMILES string of the molecule is Cc1ncsc1-c1ccc(CNC(=O)[C@@H]2C[C@@H](O)CN2C(=O)[C@@H](NC(=O)N2CCC3(CCC(c4cnc(N5C6CCC5CN(C5=C(N)NN(C)C(c7ccccc7O)=C5)C6)nc4)CC3)CC2)C(C)(C)C)cc1. The quantitative estimate of drug-likeness (QED) is 0.108. The minimum absolute atomic E-state index is 0.0267. The molecule has 18 heteroatoms. The maximum Gasteiger partial charge on any atom is 0.318 e. The van der Waals surface area contributed by atoms with Gasteiger partial charge in [-0.2, -0.15) is 0 Å². The molecule has 10 rings (SSSR count). The van der Waals surface area contributed by atoms with Crippen molar-refractivity contribution in [3.63, 3.8) is 0 Å². The number of hydrazine groups is 1. The highest BCUT2D eigenvalue weighted by atomic mass is 32.1. The maximum atomic E-state index is 14.4. The third-order valence-electron chi connectivity index (χ3n) is 16.4. The number of phenolic OH excluding ortho intramolecular Hbond substituents is 1. The van der Waals surface area contributed by atoms with Gasteiger partial charge in [-0.3, -0.25) is 20.0 Å². The van der Waals surface area contributed by atoms with Gasteiger partial charge in [-0.05, 0) is 110 Å². The molecular formula is C54H70N12O5S. The molecule has 2 unspecified atom stereocenters. The lowest BCUT2D eigenvalue weighted by Gasteiger charge is -2.46. The number of phenols is 1. The number of carbonyl (C=O) groups excluding carboxylic acids is 3. The standard InChI is InChI=1S/C54H70N12O5S/c1-33-46(72-32-59-33)36-12-10-34(11-13-36)26-56-49(69)44-24-40(67)31-65(44)50(70)47(53(2,3)4)60-52(71)63-22-20-54(21-23-63)18-16-35(17-19-54)37-27-57-51(58-28-37)66-38-14-15-39(66)30-64(29-38)43-25-42(62(5)61-48(43)55)41-8-6-7-9-45(41)68/h6-13,25,27-28,32,35,38-40,44,47,61,67-68H,14-24,26,29-31,55H2,1-5H3,(H,56,69)(H,60,71)/t38?,39?,40-,44+,47-/m1/s1. The number of likely N-dealkylation sites (tertiary alicyclic amines) is 3. The fraction of sp³-hybridized carbons (Fsp3) is 0.519. The number of fused-ring (bicyclic) bond motifs is 2. The molecule has 1 spiro atoms. The highest BCUT2D eigenvalue weighted by molar-refractivity contribution is 7.13. The summed E-state index contributed by atoms with van der Waals surface area (Å²) in [5.74, 6) is 1.29. The molecule has 7 heterocycles. The van der Waals surface area contributed by atoms with Crippen LogP contribution in [0.4, 0.5) is 10.7 Å². The molecule has 5 atom stereocenters. The fourth-order valence-electron chi connectivity index (χ4n) is 12.2. The van der Waals surface area contributed by atoms with E-state index in [0.29, 0.717) is 24.8 Å². The van der Waals surface area contributed by atoms with E-state index in [9.17, 15) is 24.6 Å². The van der Waals surface area contributed by atoms with E-state index in [2.05, 4.69) is 36.9 Å². The van der Waals surface area contributed by atoms with E-state index in [4.69, 9.17) is 15.7 Å². The van der Waals surface area contributed by atoms with Gasteiger partial charge in [0.25, 0.3) is 0 Å². The van der Waals surface area contributed by atoms with Gasteiger partial charge in [0.15, 0.2) is 0 Å². The number of nitrogens with two attached hydrogens (primary N) is 1. The lowest BCUT2D eigenvalue weighted by atomic mass is 9.64. The Bertz CT molecular complexity index is 2690. The first kappa shape index (κ1) is 49.2. The van der Waals surface area contributed by atoms with E-state index in [1.807, 2.05) is 105 Å². The number of aliphatic hydroxyl groups is 1. The number of aromatic hydroxyl groups is 1. The number of urea groups is 1. The van der Waals surface area contributed by atoms with Crippen molar-refractivity contribution in [3.05, 3.63) is 106 Å². The minimum atomic E-state index is -0.894. The van der Waals surface area contributed by atoms with Gasteiger partial charge in [0.05, 0.1) is 33.6 Å². The van der Waals surface area contributed by atoms with Crippen LogP contribution in [0.3, 0.4) is 0 Å². The van der Waals surface area contributed by atoms with Crippen LogP contribution in [0.25, 0.3) is 16.1 Å². The number of piperazine rings is 1. The predicted octanol–water partition coefficient (Wildman–Crippen LogP) is 6.03. The number of rotatable bonds is 10. The molecule has 0 radical (unpaired) electrons. The zero-order valence-electron chi connectivity index (χ0n) is 42.2. The summed E-state index contributed by atoms with van der Waals surface area (Å²) in [4.78, 5) is 65.5. The highest BCUT2D eigenvalue weighted by Crippen LogP contribution is 2.49. The molecule has 5 aliphatic heterocycles. The molecule has 7 N–H and O–H groups in total. The first-order valence-electron chi connectivity index (χ1n) is 25.7. The number of carbonyl (C=O) groups is 3. The lowest BCUT2D eigenvalue weighted by molar-refractivity contribution is -0.142. The van der Waals surface area contributed by atoms with Gasteiger partial charge in [-0.1, -0.05) is 57.2 Å². The van der Waals surface area contributed by atoms with E-state index in [1.54, 1.807) is 17.4 Å². The number of nitrogens with one attached hydrogen (secondary N) is 3. The van der Waals surface area contributed by atoms with Crippen LogP contribution in [-0.2, 0) is 16.1 Å². The number of thiazole rings is 1. The molecule has 2 aromatic carbocycles. The molecular weight excluding hydrogens is 929 g/mol. The molecule has 17 nitrogen and oxygen atoms in total. The van der Waals surface area contributed by atoms with E-state index in [0.717, 1.165) is 109 Å². The molecule has 6 aliphatic rings. The van der Waals surface area contributed by atoms with Crippen molar-refractivity contribution in [2.45, 2.75) is 128 Å². The first-order valence-corrected chi connectivity index (χ1v) is 26.6. The molecule has 4 saturated heterocycles. The second-order valence-corrected chi connectivity index (χ2v) is 23.0. The Labute approximate surface area is 426 Å². The number of amides is 4. The summed E-state index contributed by atoms with van der Waals surface area (Å²) in [7, 11) is 1.90.